The number of hydrogen-bond donors (Lipinski definition) is 1. The molecule has 5 nitrogen and oxygen atoms in total. The Labute approximate surface area is 163 Å². The highest BCUT2D eigenvalue weighted by Crippen LogP contribution is 2.30. The summed E-state index contributed by atoms with van der Waals surface area (Å²) >= 11 is 1.46. The SMILES string of the molecule is CCNc1nc(C)c(C(=O)N2CCCC(c3cc4ccccc4cn3)C2)s1. The van der Waals surface area contributed by atoms with Crippen LogP contribution in [-0.2, 0) is 0 Å². The molecule has 4 rings (SSSR count). The highest BCUT2D eigenvalue weighted by atomic mass is 32.1. The Kier molecular flexibility index (Phi) is 5.07. The average Bonchev–Trinajstić information content (AvgIpc) is 3.07. The molecule has 0 radical (unpaired) electrons. The summed E-state index contributed by atoms with van der Waals surface area (Å²) in [5.74, 6) is 0.383. The van der Waals surface area contributed by atoms with Gasteiger partial charge in [-0.05, 0) is 38.1 Å². The smallest absolute Gasteiger partial charge is 0.265 e. The predicted octanol–water partition coefficient (Wildman–Crippen LogP) is 4.45. The van der Waals surface area contributed by atoms with Gasteiger partial charge in [0.2, 0.25) is 0 Å². The summed E-state index contributed by atoms with van der Waals surface area (Å²) in [4.78, 5) is 25.0. The predicted molar refractivity (Wildman–Crippen MR) is 111 cm³/mol. The lowest BCUT2D eigenvalue weighted by Crippen LogP contribution is -2.39. The maximum atomic E-state index is 13.1. The van der Waals surface area contributed by atoms with E-state index in [2.05, 4.69) is 39.6 Å². The standard InChI is InChI=1S/C21H24N4OS/c1-3-22-21-24-14(2)19(27-21)20(26)25-10-6-9-17(13-25)18-11-15-7-4-5-8-16(15)12-23-18/h4-5,7-8,11-12,17H,3,6,9-10,13H2,1-2H3,(H,22,24). The summed E-state index contributed by atoms with van der Waals surface area (Å²) in [5.41, 5.74) is 1.90. The Morgan fingerprint density at radius 1 is 1.33 bits per heavy atom. The third kappa shape index (κ3) is 3.67. The number of nitrogens with zero attached hydrogens (tertiary/aromatic N) is 3. The van der Waals surface area contributed by atoms with Crippen molar-refractivity contribution in [3.63, 3.8) is 0 Å². The molecule has 1 fully saturated rings. The number of carbonyl (C=O) groups is 1. The molecule has 1 aromatic carbocycles. The molecular weight excluding hydrogens is 356 g/mol. The van der Waals surface area contributed by atoms with Crippen LogP contribution in [0.3, 0.4) is 0 Å². The number of thiazole rings is 1. The fraction of sp³-hybridized carbons (Fsp3) is 0.381. The first-order valence-electron chi connectivity index (χ1n) is 9.51. The van der Waals surface area contributed by atoms with Gasteiger partial charge in [0.15, 0.2) is 5.13 Å². The van der Waals surface area contributed by atoms with E-state index in [1.807, 2.05) is 31.0 Å². The zero-order valence-corrected chi connectivity index (χ0v) is 16.6. The van der Waals surface area contributed by atoms with Gasteiger partial charge in [0.1, 0.15) is 4.88 Å². The molecule has 27 heavy (non-hydrogen) atoms. The van der Waals surface area contributed by atoms with Crippen molar-refractivity contribution in [1.82, 2.24) is 14.9 Å². The minimum Gasteiger partial charge on any atom is -0.362 e. The number of benzene rings is 1. The van der Waals surface area contributed by atoms with E-state index in [1.54, 1.807) is 0 Å². The number of fused-ring (bicyclic) bond motifs is 1. The van der Waals surface area contributed by atoms with Gasteiger partial charge in [0.05, 0.1) is 5.69 Å². The monoisotopic (exact) mass is 380 g/mol. The third-order valence-corrected chi connectivity index (χ3v) is 6.20. The van der Waals surface area contributed by atoms with Crippen molar-refractivity contribution in [3.05, 3.63) is 52.8 Å². The van der Waals surface area contributed by atoms with Gasteiger partial charge in [-0.1, -0.05) is 35.6 Å². The van der Waals surface area contributed by atoms with Crippen LogP contribution in [0.4, 0.5) is 5.13 Å². The maximum absolute atomic E-state index is 13.1. The second-order valence-electron chi connectivity index (χ2n) is 7.01. The molecule has 1 aliphatic rings. The molecule has 1 amide bonds. The Balaban J connectivity index is 1.54. The second-order valence-corrected chi connectivity index (χ2v) is 8.01. The minimum absolute atomic E-state index is 0.0969. The molecule has 0 bridgehead atoms. The number of aryl methyl sites for hydroxylation is 1. The van der Waals surface area contributed by atoms with Crippen LogP contribution in [0, 0.1) is 6.92 Å². The van der Waals surface area contributed by atoms with Gasteiger partial charge in [-0.2, -0.15) is 0 Å². The minimum atomic E-state index is 0.0969. The molecular formula is C21H24N4OS. The second kappa shape index (κ2) is 7.64. The van der Waals surface area contributed by atoms with Gasteiger partial charge in [0.25, 0.3) is 5.91 Å². The number of hydrogen-bond acceptors (Lipinski definition) is 5. The van der Waals surface area contributed by atoms with Gasteiger partial charge in [-0.3, -0.25) is 9.78 Å². The van der Waals surface area contributed by atoms with Crippen molar-refractivity contribution >= 4 is 33.1 Å². The number of piperidine rings is 1. The molecule has 1 atom stereocenters. The molecule has 1 aliphatic heterocycles. The van der Waals surface area contributed by atoms with Crippen LogP contribution in [-0.4, -0.2) is 40.4 Å². The van der Waals surface area contributed by atoms with Crippen molar-refractivity contribution in [2.75, 3.05) is 25.0 Å². The van der Waals surface area contributed by atoms with Crippen molar-refractivity contribution in [1.29, 1.82) is 0 Å². The van der Waals surface area contributed by atoms with Gasteiger partial charge in [-0.25, -0.2) is 4.98 Å². The van der Waals surface area contributed by atoms with Crippen LogP contribution >= 0.6 is 11.3 Å². The van der Waals surface area contributed by atoms with Gasteiger partial charge >= 0.3 is 0 Å². The molecule has 3 aromatic rings. The highest BCUT2D eigenvalue weighted by molar-refractivity contribution is 7.17. The Morgan fingerprint density at radius 2 is 2.15 bits per heavy atom. The number of nitrogens with one attached hydrogen (secondary N) is 1. The summed E-state index contributed by atoms with van der Waals surface area (Å²) in [5, 5.41) is 6.39. The van der Waals surface area contributed by atoms with Gasteiger partial charge < -0.3 is 10.2 Å². The van der Waals surface area contributed by atoms with Crippen LogP contribution in [0.25, 0.3) is 10.8 Å². The van der Waals surface area contributed by atoms with E-state index >= 15 is 0 Å². The number of pyridine rings is 1. The summed E-state index contributed by atoms with van der Waals surface area (Å²) in [6, 6.07) is 10.5. The van der Waals surface area contributed by atoms with Gasteiger partial charge in [-0.15, -0.1) is 0 Å². The fourth-order valence-electron chi connectivity index (χ4n) is 3.69. The first-order chi connectivity index (χ1) is 13.2. The van der Waals surface area contributed by atoms with Crippen LogP contribution < -0.4 is 5.32 Å². The summed E-state index contributed by atoms with van der Waals surface area (Å²) < 4.78 is 0. The zero-order valence-electron chi connectivity index (χ0n) is 15.7. The summed E-state index contributed by atoms with van der Waals surface area (Å²) in [7, 11) is 0. The van der Waals surface area contributed by atoms with E-state index in [-0.39, 0.29) is 11.8 Å². The fourth-order valence-corrected chi connectivity index (χ4v) is 4.69. The number of aromatic nitrogens is 2. The molecule has 3 heterocycles. The molecule has 0 aliphatic carbocycles. The van der Waals surface area contributed by atoms with Crippen LogP contribution in [0.5, 0.6) is 0 Å². The highest BCUT2D eigenvalue weighted by Gasteiger charge is 2.28. The lowest BCUT2D eigenvalue weighted by Gasteiger charge is -2.32. The van der Waals surface area contributed by atoms with Crippen LogP contribution in [0.15, 0.2) is 36.5 Å². The van der Waals surface area contributed by atoms with E-state index in [0.717, 1.165) is 59.3 Å². The lowest BCUT2D eigenvalue weighted by molar-refractivity contribution is 0.0710. The number of amides is 1. The number of carbonyl (C=O) groups excluding carboxylic acids is 1. The Morgan fingerprint density at radius 3 is 2.96 bits per heavy atom. The molecule has 0 spiro atoms. The van der Waals surface area contributed by atoms with E-state index in [1.165, 1.54) is 16.7 Å². The van der Waals surface area contributed by atoms with E-state index in [0.29, 0.717) is 0 Å². The quantitative estimate of drug-likeness (QED) is 0.726. The number of likely N-dealkylation sites (tertiary alicyclic amines) is 1. The molecule has 1 saturated heterocycles. The van der Waals surface area contributed by atoms with Crippen molar-refractivity contribution in [3.8, 4) is 0 Å². The molecule has 2 aromatic heterocycles. The molecule has 6 heteroatoms. The van der Waals surface area contributed by atoms with E-state index in [9.17, 15) is 4.79 Å². The molecule has 1 N–H and O–H groups in total. The average molecular weight is 381 g/mol. The van der Waals surface area contributed by atoms with Crippen molar-refractivity contribution in [2.24, 2.45) is 0 Å². The van der Waals surface area contributed by atoms with Crippen LogP contribution in [0.2, 0.25) is 0 Å². The van der Waals surface area contributed by atoms with E-state index < -0.39 is 0 Å². The largest absolute Gasteiger partial charge is 0.362 e. The topological polar surface area (TPSA) is 58.1 Å². The van der Waals surface area contributed by atoms with E-state index in [4.69, 9.17) is 0 Å². The molecule has 140 valence electrons. The normalized spacial score (nSPS) is 17.3. The van der Waals surface area contributed by atoms with Crippen LogP contribution in [0.1, 0.15) is 46.7 Å². The van der Waals surface area contributed by atoms with Crippen molar-refractivity contribution < 1.29 is 4.79 Å². The Bertz CT molecular complexity index is 968. The molecule has 1 unspecified atom stereocenters. The summed E-state index contributed by atoms with van der Waals surface area (Å²) in [6.45, 7) is 6.27. The molecule has 0 saturated carbocycles. The zero-order chi connectivity index (χ0) is 18.8. The first kappa shape index (κ1) is 17.9. The Hall–Kier alpha value is -2.47. The lowest BCUT2D eigenvalue weighted by atomic mass is 9.93. The third-order valence-electron chi connectivity index (χ3n) is 5.10. The first-order valence-corrected chi connectivity index (χ1v) is 10.3. The maximum Gasteiger partial charge on any atom is 0.265 e. The number of anilines is 1. The summed E-state index contributed by atoms with van der Waals surface area (Å²) in [6.07, 6.45) is 4.02. The van der Waals surface area contributed by atoms with Gasteiger partial charge in [0, 0.05) is 42.8 Å². The number of rotatable bonds is 4. The van der Waals surface area contributed by atoms with Crippen molar-refractivity contribution in [2.45, 2.75) is 32.6 Å².